The monoisotopic (exact) mass is 354 g/mol. The highest BCUT2D eigenvalue weighted by atomic mass is 16.5. The number of aliphatic hydroxyl groups excluding tert-OH is 1. The molecule has 1 N–H and O–H groups in total. The molecule has 1 aliphatic rings. The van der Waals surface area contributed by atoms with Crippen LogP contribution < -0.4 is 4.90 Å². The van der Waals surface area contributed by atoms with E-state index < -0.39 is 0 Å². The van der Waals surface area contributed by atoms with Crippen molar-refractivity contribution >= 4 is 11.6 Å². The molecule has 1 heterocycles. The smallest absolute Gasteiger partial charge is 0.256 e. The quantitative estimate of drug-likeness (QED) is 0.866. The standard InChI is InChI=1S/C21H26N2O3/c1-17-6-2-3-7-18(17)16-23(10-13-24)21(25)19-8-4-5-9-20(19)22-11-14-26-15-12-22/h2-9,24H,10-16H2,1H3. The molecular weight excluding hydrogens is 328 g/mol. The Bertz CT molecular complexity index is 742. The van der Waals surface area contributed by atoms with E-state index in [0.29, 0.717) is 31.9 Å². The van der Waals surface area contributed by atoms with Gasteiger partial charge < -0.3 is 19.6 Å². The molecule has 5 nitrogen and oxygen atoms in total. The predicted octanol–water partition coefficient (Wildman–Crippen LogP) is 2.47. The van der Waals surface area contributed by atoms with Crippen LogP contribution in [-0.4, -0.2) is 55.4 Å². The molecule has 2 aromatic carbocycles. The maximum atomic E-state index is 13.3. The third-order valence-corrected chi connectivity index (χ3v) is 4.77. The summed E-state index contributed by atoms with van der Waals surface area (Å²) in [7, 11) is 0. The van der Waals surface area contributed by atoms with Crippen LogP contribution in [0.4, 0.5) is 5.69 Å². The van der Waals surface area contributed by atoms with Gasteiger partial charge in [0.1, 0.15) is 0 Å². The van der Waals surface area contributed by atoms with Gasteiger partial charge in [-0.3, -0.25) is 4.79 Å². The lowest BCUT2D eigenvalue weighted by atomic mass is 10.1. The molecule has 0 aliphatic carbocycles. The molecule has 0 unspecified atom stereocenters. The fraction of sp³-hybridized carbons (Fsp3) is 0.381. The SMILES string of the molecule is Cc1ccccc1CN(CCO)C(=O)c1ccccc1N1CCOCC1. The fourth-order valence-corrected chi connectivity index (χ4v) is 3.27. The molecule has 3 rings (SSSR count). The average molecular weight is 354 g/mol. The van der Waals surface area contributed by atoms with Crippen LogP contribution in [0, 0.1) is 6.92 Å². The summed E-state index contributed by atoms with van der Waals surface area (Å²) >= 11 is 0. The van der Waals surface area contributed by atoms with Crippen LogP contribution >= 0.6 is 0 Å². The first-order chi connectivity index (χ1) is 12.7. The molecule has 26 heavy (non-hydrogen) atoms. The Morgan fingerprint density at radius 2 is 1.81 bits per heavy atom. The maximum absolute atomic E-state index is 13.3. The predicted molar refractivity (Wildman–Crippen MR) is 102 cm³/mol. The molecular formula is C21H26N2O3. The van der Waals surface area contributed by atoms with E-state index in [0.717, 1.165) is 29.9 Å². The summed E-state index contributed by atoms with van der Waals surface area (Å²) in [6, 6.07) is 15.7. The van der Waals surface area contributed by atoms with E-state index in [-0.39, 0.29) is 12.5 Å². The van der Waals surface area contributed by atoms with Gasteiger partial charge >= 0.3 is 0 Å². The first-order valence-corrected chi connectivity index (χ1v) is 9.07. The zero-order valence-electron chi connectivity index (χ0n) is 15.2. The number of anilines is 1. The second kappa shape index (κ2) is 8.83. The van der Waals surface area contributed by atoms with E-state index in [9.17, 15) is 9.90 Å². The largest absolute Gasteiger partial charge is 0.395 e. The Morgan fingerprint density at radius 3 is 2.54 bits per heavy atom. The number of carbonyl (C=O) groups is 1. The normalized spacial score (nSPS) is 14.3. The molecule has 5 heteroatoms. The number of aliphatic hydroxyl groups is 1. The number of carbonyl (C=O) groups excluding carboxylic acids is 1. The van der Waals surface area contributed by atoms with Crippen molar-refractivity contribution in [2.45, 2.75) is 13.5 Å². The number of ether oxygens (including phenoxy) is 1. The lowest BCUT2D eigenvalue weighted by Gasteiger charge is -2.31. The Balaban J connectivity index is 1.86. The van der Waals surface area contributed by atoms with Crippen molar-refractivity contribution in [1.82, 2.24) is 4.90 Å². The van der Waals surface area contributed by atoms with Crippen LogP contribution in [0.5, 0.6) is 0 Å². The Kier molecular flexibility index (Phi) is 6.26. The molecule has 1 saturated heterocycles. The number of amides is 1. The lowest BCUT2D eigenvalue weighted by Crippen LogP contribution is -2.39. The minimum absolute atomic E-state index is 0.0515. The third kappa shape index (κ3) is 4.23. The van der Waals surface area contributed by atoms with Crippen molar-refractivity contribution in [3.63, 3.8) is 0 Å². The highest BCUT2D eigenvalue weighted by molar-refractivity contribution is 5.99. The number of hydrogen-bond acceptors (Lipinski definition) is 4. The summed E-state index contributed by atoms with van der Waals surface area (Å²) in [5, 5.41) is 9.48. The molecule has 1 aliphatic heterocycles. The molecule has 0 radical (unpaired) electrons. The van der Waals surface area contributed by atoms with E-state index in [1.165, 1.54) is 0 Å². The molecule has 0 aromatic heterocycles. The van der Waals surface area contributed by atoms with Gasteiger partial charge in [-0.05, 0) is 30.2 Å². The van der Waals surface area contributed by atoms with E-state index in [2.05, 4.69) is 4.90 Å². The molecule has 0 atom stereocenters. The van der Waals surface area contributed by atoms with Crippen molar-refractivity contribution in [2.75, 3.05) is 44.4 Å². The first-order valence-electron chi connectivity index (χ1n) is 9.07. The molecule has 0 bridgehead atoms. The highest BCUT2D eigenvalue weighted by Crippen LogP contribution is 2.24. The molecule has 0 saturated carbocycles. The van der Waals surface area contributed by atoms with Crippen LogP contribution in [0.3, 0.4) is 0 Å². The summed E-state index contributed by atoms with van der Waals surface area (Å²) in [6.07, 6.45) is 0. The molecule has 1 fully saturated rings. The zero-order chi connectivity index (χ0) is 18.4. The number of aryl methyl sites for hydroxylation is 1. The topological polar surface area (TPSA) is 53.0 Å². The number of hydrogen-bond donors (Lipinski definition) is 1. The number of morpholine rings is 1. The van der Waals surface area contributed by atoms with Crippen molar-refractivity contribution in [3.05, 3.63) is 65.2 Å². The van der Waals surface area contributed by atoms with Crippen LogP contribution in [0.15, 0.2) is 48.5 Å². The average Bonchev–Trinajstić information content (AvgIpc) is 2.69. The van der Waals surface area contributed by atoms with Crippen molar-refractivity contribution < 1.29 is 14.6 Å². The van der Waals surface area contributed by atoms with Gasteiger partial charge in [0.15, 0.2) is 0 Å². The lowest BCUT2D eigenvalue weighted by molar-refractivity contribution is 0.0707. The van der Waals surface area contributed by atoms with Gasteiger partial charge in [0.05, 0.1) is 25.4 Å². The van der Waals surface area contributed by atoms with Crippen molar-refractivity contribution in [3.8, 4) is 0 Å². The minimum atomic E-state index is -0.0582. The minimum Gasteiger partial charge on any atom is -0.395 e. The van der Waals surface area contributed by atoms with E-state index in [4.69, 9.17) is 4.74 Å². The third-order valence-electron chi connectivity index (χ3n) is 4.77. The zero-order valence-corrected chi connectivity index (χ0v) is 15.2. The number of rotatable bonds is 6. The summed E-state index contributed by atoms with van der Waals surface area (Å²) in [6.45, 7) is 5.69. The first kappa shape index (κ1) is 18.4. The Morgan fingerprint density at radius 1 is 1.12 bits per heavy atom. The molecule has 0 spiro atoms. The van der Waals surface area contributed by atoms with E-state index in [1.807, 2.05) is 55.5 Å². The van der Waals surface area contributed by atoms with Crippen LogP contribution in [0.25, 0.3) is 0 Å². The van der Waals surface area contributed by atoms with E-state index in [1.54, 1.807) is 4.90 Å². The number of benzene rings is 2. The van der Waals surface area contributed by atoms with Gasteiger partial charge in [0.25, 0.3) is 5.91 Å². The van der Waals surface area contributed by atoms with E-state index >= 15 is 0 Å². The highest BCUT2D eigenvalue weighted by Gasteiger charge is 2.22. The number of nitrogens with zero attached hydrogens (tertiary/aromatic N) is 2. The van der Waals surface area contributed by atoms with Crippen molar-refractivity contribution in [2.24, 2.45) is 0 Å². The van der Waals surface area contributed by atoms with Gasteiger partial charge in [-0.1, -0.05) is 36.4 Å². The van der Waals surface area contributed by atoms with Crippen LogP contribution in [0.1, 0.15) is 21.5 Å². The van der Waals surface area contributed by atoms with Crippen LogP contribution in [-0.2, 0) is 11.3 Å². The maximum Gasteiger partial charge on any atom is 0.256 e. The number of para-hydroxylation sites is 1. The molecule has 2 aromatic rings. The summed E-state index contributed by atoms with van der Waals surface area (Å²) in [4.78, 5) is 17.2. The Hall–Kier alpha value is -2.37. The van der Waals surface area contributed by atoms with Gasteiger partial charge in [0.2, 0.25) is 0 Å². The van der Waals surface area contributed by atoms with Gasteiger partial charge in [0, 0.05) is 31.9 Å². The van der Waals surface area contributed by atoms with Crippen molar-refractivity contribution in [1.29, 1.82) is 0 Å². The summed E-state index contributed by atoms with van der Waals surface area (Å²) < 4.78 is 5.43. The summed E-state index contributed by atoms with van der Waals surface area (Å²) in [5.74, 6) is -0.0515. The van der Waals surface area contributed by atoms with Crippen LogP contribution in [0.2, 0.25) is 0 Å². The van der Waals surface area contributed by atoms with Gasteiger partial charge in [-0.15, -0.1) is 0 Å². The fourth-order valence-electron chi connectivity index (χ4n) is 3.27. The second-order valence-corrected chi connectivity index (χ2v) is 6.49. The second-order valence-electron chi connectivity index (χ2n) is 6.49. The molecule has 1 amide bonds. The van der Waals surface area contributed by atoms with Gasteiger partial charge in [-0.25, -0.2) is 0 Å². The Labute approximate surface area is 154 Å². The molecule has 138 valence electrons. The van der Waals surface area contributed by atoms with Gasteiger partial charge in [-0.2, -0.15) is 0 Å². The summed E-state index contributed by atoms with van der Waals surface area (Å²) in [5.41, 5.74) is 3.85.